The van der Waals surface area contributed by atoms with Crippen LogP contribution < -0.4 is 10.1 Å². The summed E-state index contributed by atoms with van der Waals surface area (Å²) in [6.45, 7) is 0.0771. The number of benzene rings is 1. The summed E-state index contributed by atoms with van der Waals surface area (Å²) < 4.78 is 40.9. The molecule has 1 N–H and O–H groups in total. The molecule has 0 radical (unpaired) electrons. The van der Waals surface area contributed by atoms with Crippen LogP contribution >= 0.6 is 11.3 Å². The minimum atomic E-state index is -4.43. The zero-order valence-electron chi connectivity index (χ0n) is 11.6. The predicted molar refractivity (Wildman–Crippen MR) is 76.8 cm³/mol. The first-order valence-corrected chi connectivity index (χ1v) is 7.20. The van der Waals surface area contributed by atoms with Crippen molar-refractivity contribution >= 4 is 17.2 Å². The summed E-state index contributed by atoms with van der Waals surface area (Å²) in [4.78, 5) is 15.5. The summed E-state index contributed by atoms with van der Waals surface area (Å²) in [5, 5.41) is 4.62. The van der Waals surface area contributed by atoms with Crippen molar-refractivity contribution in [2.24, 2.45) is 0 Å². The number of carbonyl (C=O) groups is 1. The molecule has 0 aliphatic rings. The Morgan fingerprint density at radius 3 is 2.55 bits per heavy atom. The Balaban J connectivity index is 1.85. The molecule has 0 unspecified atom stereocenters. The second-order valence-corrected chi connectivity index (χ2v) is 5.52. The third-order valence-corrected chi connectivity index (χ3v) is 3.40. The zero-order valence-corrected chi connectivity index (χ0v) is 12.4. The van der Waals surface area contributed by atoms with Gasteiger partial charge in [-0.1, -0.05) is 0 Å². The van der Waals surface area contributed by atoms with Gasteiger partial charge in [0.25, 0.3) is 5.91 Å². The number of amides is 1. The van der Waals surface area contributed by atoms with E-state index >= 15 is 0 Å². The smallest absolute Gasteiger partial charge is 0.405 e. The SMILES string of the molecule is Cc1nc(-c2ccc(OCC(=O)NCC(F)(F)F)cc2)cs1. The summed E-state index contributed by atoms with van der Waals surface area (Å²) in [6, 6.07) is 6.83. The van der Waals surface area contributed by atoms with Gasteiger partial charge in [0.05, 0.1) is 10.7 Å². The third-order valence-electron chi connectivity index (χ3n) is 2.63. The van der Waals surface area contributed by atoms with E-state index in [2.05, 4.69) is 4.98 Å². The molecule has 1 aromatic heterocycles. The highest BCUT2D eigenvalue weighted by atomic mass is 32.1. The largest absolute Gasteiger partial charge is 0.484 e. The van der Waals surface area contributed by atoms with Crippen LogP contribution in [0.4, 0.5) is 13.2 Å². The summed E-state index contributed by atoms with van der Waals surface area (Å²) in [5.41, 5.74) is 1.75. The molecule has 2 rings (SSSR count). The van der Waals surface area contributed by atoms with Crippen LogP contribution in [0.2, 0.25) is 0 Å². The van der Waals surface area contributed by atoms with Crippen molar-refractivity contribution in [3.63, 3.8) is 0 Å². The first-order valence-electron chi connectivity index (χ1n) is 6.32. The van der Waals surface area contributed by atoms with Gasteiger partial charge in [-0.3, -0.25) is 4.79 Å². The summed E-state index contributed by atoms with van der Waals surface area (Å²) >= 11 is 1.54. The number of nitrogens with one attached hydrogen (secondary N) is 1. The fourth-order valence-electron chi connectivity index (χ4n) is 1.62. The maximum atomic E-state index is 11.9. The highest BCUT2D eigenvalue weighted by molar-refractivity contribution is 7.09. The quantitative estimate of drug-likeness (QED) is 0.916. The minimum absolute atomic E-state index is 0.401. The van der Waals surface area contributed by atoms with Gasteiger partial charge in [-0.15, -0.1) is 11.3 Å². The maximum absolute atomic E-state index is 11.9. The van der Waals surface area contributed by atoms with Gasteiger partial charge in [0.1, 0.15) is 12.3 Å². The van der Waals surface area contributed by atoms with E-state index in [0.29, 0.717) is 5.75 Å². The van der Waals surface area contributed by atoms with Crippen LogP contribution in [-0.2, 0) is 4.79 Å². The Morgan fingerprint density at radius 2 is 2.00 bits per heavy atom. The van der Waals surface area contributed by atoms with E-state index in [0.717, 1.165) is 16.3 Å². The second-order valence-electron chi connectivity index (χ2n) is 4.46. The molecule has 2 aromatic rings. The van der Waals surface area contributed by atoms with Crippen molar-refractivity contribution in [3.8, 4) is 17.0 Å². The number of thiazole rings is 1. The van der Waals surface area contributed by atoms with Crippen molar-refractivity contribution in [1.82, 2.24) is 10.3 Å². The van der Waals surface area contributed by atoms with Gasteiger partial charge in [0.15, 0.2) is 6.61 Å². The molecular formula is C14H13F3N2O2S. The number of nitrogens with zero attached hydrogens (tertiary/aromatic N) is 1. The average molecular weight is 330 g/mol. The number of hydrogen-bond donors (Lipinski definition) is 1. The van der Waals surface area contributed by atoms with Gasteiger partial charge >= 0.3 is 6.18 Å². The second kappa shape index (κ2) is 6.78. The van der Waals surface area contributed by atoms with Gasteiger partial charge < -0.3 is 10.1 Å². The number of aryl methyl sites for hydroxylation is 1. The van der Waals surface area contributed by atoms with Gasteiger partial charge in [0.2, 0.25) is 0 Å². The molecule has 0 spiro atoms. The van der Waals surface area contributed by atoms with Crippen molar-refractivity contribution in [2.75, 3.05) is 13.2 Å². The molecule has 0 saturated carbocycles. The van der Waals surface area contributed by atoms with E-state index in [-0.39, 0.29) is 0 Å². The number of carbonyl (C=O) groups excluding carboxylic acids is 1. The van der Waals surface area contributed by atoms with Gasteiger partial charge in [-0.25, -0.2) is 4.98 Å². The standard InChI is InChI=1S/C14H13F3N2O2S/c1-9-19-12(7-22-9)10-2-4-11(5-3-10)21-6-13(20)18-8-14(15,16)17/h2-5,7H,6,8H2,1H3,(H,18,20). The van der Waals surface area contributed by atoms with E-state index < -0.39 is 25.2 Å². The Morgan fingerprint density at radius 1 is 1.32 bits per heavy atom. The van der Waals surface area contributed by atoms with E-state index in [1.54, 1.807) is 29.6 Å². The van der Waals surface area contributed by atoms with E-state index in [9.17, 15) is 18.0 Å². The van der Waals surface area contributed by atoms with E-state index in [4.69, 9.17) is 4.74 Å². The predicted octanol–water partition coefficient (Wildman–Crippen LogP) is 3.18. The van der Waals surface area contributed by atoms with Crippen LogP contribution in [0.25, 0.3) is 11.3 Å². The zero-order chi connectivity index (χ0) is 16.2. The lowest BCUT2D eigenvalue weighted by Gasteiger charge is -2.09. The van der Waals surface area contributed by atoms with Gasteiger partial charge in [-0.05, 0) is 31.2 Å². The topological polar surface area (TPSA) is 51.2 Å². The molecule has 22 heavy (non-hydrogen) atoms. The number of alkyl halides is 3. The summed E-state index contributed by atoms with van der Waals surface area (Å²) in [5.74, 6) is -0.422. The number of aromatic nitrogens is 1. The molecule has 1 heterocycles. The fourth-order valence-corrected chi connectivity index (χ4v) is 2.24. The van der Waals surface area contributed by atoms with E-state index in [1.807, 2.05) is 12.3 Å². The molecule has 1 amide bonds. The molecular weight excluding hydrogens is 317 g/mol. The lowest BCUT2D eigenvalue weighted by molar-refractivity contribution is -0.139. The summed E-state index contributed by atoms with van der Waals surface area (Å²) in [7, 11) is 0. The van der Waals surface area contributed by atoms with Crippen molar-refractivity contribution in [3.05, 3.63) is 34.7 Å². The van der Waals surface area contributed by atoms with Gasteiger partial charge in [0, 0.05) is 10.9 Å². The normalized spacial score (nSPS) is 11.3. The lowest BCUT2D eigenvalue weighted by atomic mass is 10.2. The molecule has 0 saturated heterocycles. The minimum Gasteiger partial charge on any atom is -0.484 e. The number of rotatable bonds is 5. The van der Waals surface area contributed by atoms with Crippen LogP contribution in [0.1, 0.15) is 5.01 Å². The van der Waals surface area contributed by atoms with Gasteiger partial charge in [-0.2, -0.15) is 13.2 Å². The molecule has 118 valence electrons. The van der Waals surface area contributed by atoms with Crippen molar-refractivity contribution in [2.45, 2.75) is 13.1 Å². The monoisotopic (exact) mass is 330 g/mol. The van der Waals surface area contributed by atoms with Crippen LogP contribution in [0, 0.1) is 6.92 Å². The third kappa shape index (κ3) is 5.03. The van der Waals surface area contributed by atoms with Crippen LogP contribution in [0.5, 0.6) is 5.75 Å². The Kier molecular flexibility index (Phi) is 5.02. The number of ether oxygens (including phenoxy) is 1. The first kappa shape index (κ1) is 16.3. The molecule has 0 fully saturated rings. The average Bonchev–Trinajstić information content (AvgIpc) is 2.89. The van der Waals surface area contributed by atoms with E-state index in [1.165, 1.54) is 11.3 Å². The number of halogens is 3. The first-order chi connectivity index (χ1) is 10.3. The maximum Gasteiger partial charge on any atom is 0.405 e. The Labute approximate surface area is 128 Å². The van der Waals surface area contributed by atoms with Crippen molar-refractivity contribution in [1.29, 1.82) is 0 Å². The Bertz CT molecular complexity index is 638. The highest BCUT2D eigenvalue weighted by Crippen LogP contribution is 2.23. The molecule has 0 aliphatic heterocycles. The molecule has 4 nitrogen and oxygen atoms in total. The van der Waals surface area contributed by atoms with Crippen LogP contribution in [0.15, 0.2) is 29.6 Å². The Hall–Kier alpha value is -2.09. The molecule has 0 aliphatic carbocycles. The van der Waals surface area contributed by atoms with Crippen molar-refractivity contribution < 1.29 is 22.7 Å². The molecule has 1 aromatic carbocycles. The van der Waals surface area contributed by atoms with Crippen LogP contribution in [-0.4, -0.2) is 30.2 Å². The van der Waals surface area contributed by atoms with Crippen LogP contribution in [0.3, 0.4) is 0 Å². The summed E-state index contributed by atoms with van der Waals surface area (Å²) in [6.07, 6.45) is -4.43. The molecule has 8 heteroatoms. The lowest BCUT2D eigenvalue weighted by Crippen LogP contribution is -2.36. The molecule has 0 atom stereocenters. The highest BCUT2D eigenvalue weighted by Gasteiger charge is 2.27. The fraction of sp³-hybridized carbons (Fsp3) is 0.286. The number of hydrogen-bond acceptors (Lipinski definition) is 4. The molecule has 0 bridgehead atoms.